The number of piperidine rings is 1. The fourth-order valence-electron chi connectivity index (χ4n) is 2.77. The number of amides is 1. The molecule has 1 aromatic rings. The van der Waals surface area contributed by atoms with Crippen LogP contribution in [0.1, 0.15) is 25.3 Å². The molecule has 1 aliphatic heterocycles. The summed E-state index contributed by atoms with van der Waals surface area (Å²) in [6.45, 7) is 10.6. The van der Waals surface area contributed by atoms with Gasteiger partial charge in [-0.15, -0.1) is 0 Å². The average molecular weight is 373 g/mol. The van der Waals surface area contributed by atoms with E-state index in [9.17, 15) is 4.79 Å². The summed E-state index contributed by atoms with van der Waals surface area (Å²) >= 11 is 0. The molecule has 0 unspecified atom stereocenters. The summed E-state index contributed by atoms with van der Waals surface area (Å²) in [5.41, 5.74) is 2.19. The lowest BCUT2D eigenvalue weighted by molar-refractivity contribution is -0.127. The van der Waals surface area contributed by atoms with Crippen LogP contribution in [0.3, 0.4) is 0 Å². The third kappa shape index (κ3) is 6.92. The lowest BCUT2D eigenvalue weighted by atomic mass is 10.1. The molecule has 2 N–H and O–H groups in total. The molecule has 0 bridgehead atoms. The second-order valence-electron chi connectivity index (χ2n) is 7.36. The van der Waals surface area contributed by atoms with E-state index in [0.29, 0.717) is 18.5 Å². The van der Waals surface area contributed by atoms with Crippen LogP contribution < -0.4 is 15.5 Å². The van der Waals surface area contributed by atoms with Crippen molar-refractivity contribution in [3.05, 3.63) is 36.0 Å². The van der Waals surface area contributed by atoms with Gasteiger partial charge in [0.05, 0.1) is 0 Å². The smallest absolute Gasteiger partial charge is 0.243 e. The van der Waals surface area contributed by atoms with Gasteiger partial charge in [-0.3, -0.25) is 4.79 Å². The summed E-state index contributed by atoms with van der Waals surface area (Å²) in [7, 11) is 3.47. The number of likely N-dealkylation sites (N-methyl/N-ethyl adjacent to an activating group) is 1. The topological polar surface area (TPSA) is 72.9 Å². The Bertz CT molecular complexity index is 660. The summed E-state index contributed by atoms with van der Waals surface area (Å²) in [5, 5.41) is 6.72. The highest BCUT2D eigenvalue weighted by Gasteiger charge is 2.21. The highest BCUT2D eigenvalue weighted by Crippen LogP contribution is 2.18. The van der Waals surface area contributed by atoms with Crippen LogP contribution in [0.2, 0.25) is 0 Å². The van der Waals surface area contributed by atoms with Gasteiger partial charge < -0.3 is 20.4 Å². The summed E-state index contributed by atoms with van der Waals surface area (Å²) in [4.78, 5) is 24.6. The standard InChI is InChI=1S/C20H32N6O/c1-15(2)12-22-20(23-14-19(27)25(4)5)24-17-8-10-26(11-9-17)18-7-6-16(3)13-21-18/h6-7,13,17H,1,8-12,14H2,2-5H3,(H2,22,23,24). The van der Waals surface area contributed by atoms with Gasteiger partial charge in [0.25, 0.3) is 0 Å². The number of anilines is 1. The Labute approximate surface area is 162 Å². The maximum atomic E-state index is 11.8. The molecule has 148 valence electrons. The van der Waals surface area contributed by atoms with Crippen molar-refractivity contribution < 1.29 is 4.79 Å². The van der Waals surface area contributed by atoms with E-state index in [4.69, 9.17) is 0 Å². The molecule has 0 saturated carbocycles. The molecule has 1 aliphatic rings. The van der Waals surface area contributed by atoms with E-state index in [-0.39, 0.29) is 12.5 Å². The SMILES string of the molecule is C=C(C)CNC(=NCC(=O)N(C)C)NC1CCN(c2ccc(C)cn2)CC1. The molecule has 0 aliphatic carbocycles. The van der Waals surface area contributed by atoms with E-state index < -0.39 is 0 Å². The number of guanidine groups is 1. The van der Waals surface area contributed by atoms with Crippen molar-refractivity contribution in [3.63, 3.8) is 0 Å². The second kappa shape index (κ2) is 9.94. The molecule has 7 heteroatoms. The first-order valence-corrected chi connectivity index (χ1v) is 9.42. The summed E-state index contributed by atoms with van der Waals surface area (Å²) < 4.78 is 0. The molecule has 7 nitrogen and oxygen atoms in total. The number of pyridine rings is 1. The Morgan fingerprint density at radius 2 is 2.07 bits per heavy atom. The van der Waals surface area contributed by atoms with Crippen molar-refractivity contribution >= 4 is 17.7 Å². The molecule has 1 saturated heterocycles. The summed E-state index contributed by atoms with van der Waals surface area (Å²) in [6, 6.07) is 4.50. The Hall–Kier alpha value is -2.57. The summed E-state index contributed by atoms with van der Waals surface area (Å²) in [5.74, 6) is 1.68. The largest absolute Gasteiger partial charge is 0.356 e. The quantitative estimate of drug-likeness (QED) is 0.450. The maximum absolute atomic E-state index is 11.8. The monoisotopic (exact) mass is 372 g/mol. The van der Waals surface area contributed by atoms with Crippen molar-refractivity contribution in [1.29, 1.82) is 0 Å². The minimum atomic E-state index is -0.0216. The van der Waals surface area contributed by atoms with E-state index in [1.165, 1.54) is 5.56 Å². The number of aryl methyl sites for hydroxylation is 1. The minimum Gasteiger partial charge on any atom is -0.356 e. The number of aliphatic imine (C=N–C) groups is 1. The molecular weight excluding hydrogens is 340 g/mol. The van der Waals surface area contributed by atoms with Crippen molar-refractivity contribution in [2.75, 3.05) is 45.2 Å². The molecule has 1 aromatic heterocycles. The van der Waals surface area contributed by atoms with Gasteiger partial charge in [0.1, 0.15) is 12.4 Å². The van der Waals surface area contributed by atoms with Gasteiger partial charge in [0.15, 0.2) is 5.96 Å². The van der Waals surface area contributed by atoms with E-state index in [1.54, 1.807) is 19.0 Å². The molecule has 0 aromatic carbocycles. The Kier molecular flexibility index (Phi) is 7.64. The van der Waals surface area contributed by atoms with Gasteiger partial charge in [0.2, 0.25) is 5.91 Å². The molecule has 27 heavy (non-hydrogen) atoms. The highest BCUT2D eigenvalue weighted by atomic mass is 16.2. The number of nitrogens with one attached hydrogen (secondary N) is 2. The van der Waals surface area contributed by atoms with Crippen LogP contribution in [0.15, 0.2) is 35.5 Å². The number of carbonyl (C=O) groups is 1. The zero-order valence-corrected chi connectivity index (χ0v) is 17.0. The number of rotatable bonds is 6. The first-order valence-electron chi connectivity index (χ1n) is 9.42. The maximum Gasteiger partial charge on any atom is 0.243 e. The van der Waals surface area contributed by atoms with Crippen LogP contribution in [-0.4, -0.2) is 68.1 Å². The Morgan fingerprint density at radius 1 is 1.37 bits per heavy atom. The predicted molar refractivity (Wildman–Crippen MR) is 111 cm³/mol. The molecule has 0 radical (unpaired) electrons. The van der Waals surface area contributed by atoms with Crippen LogP contribution in [0.5, 0.6) is 0 Å². The predicted octanol–water partition coefficient (Wildman–Crippen LogP) is 1.56. The van der Waals surface area contributed by atoms with Gasteiger partial charge in [-0.1, -0.05) is 18.2 Å². The fourth-order valence-corrected chi connectivity index (χ4v) is 2.77. The van der Waals surface area contributed by atoms with Crippen LogP contribution in [0.4, 0.5) is 5.82 Å². The molecule has 0 atom stereocenters. The van der Waals surface area contributed by atoms with E-state index in [0.717, 1.165) is 37.3 Å². The summed E-state index contributed by atoms with van der Waals surface area (Å²) in [6.07, 6.45) is 3.89. The Balaban J connectivity index is 1.91. The minimum absolute atomic E-state index is 0.0216. The fraction of sp³-hybridized carbons (Fsp3) is 0.550. The number of nitrogens with zero attached hydrogens (tertiary/aromatic N) is 4. The van der Waals surface area contributed by atoms with Crippen molar-refractivity contribution in [2.45, 2.75) is 32.7 Å². The first-order chi connectivity index (χ1) is 12.8. The second-order valence-corrected chi connectivity index (χ2v) is 7.36. The lowest BCUT2D eigenvalue weighted by Gasteiger charge is -2.34. The van der Waals surface area contributed by atoms with Crippen LogP contribution in [0.25, 0.3) is 0 Å². The van der Waals surface area contributed by atoms with Crippen LogP contribution in [0, 0.1) is 6.92 Å². The highest BCUT2D eigenvalue weighted by molar-refractivity contribution is 5.85. The van der Waals surface area contributed by atoms with E-state index in [2.05, 4.69) is 44.2 Å². The van der Waals surface area contributed by atoms with Gasteiger partial charge in [-0.05, 0) is 38.3 Å². The lowest BCUT2D eigenvalue weighted by Crippen LogP contribution is -2.49. The number of aromatic nitrogens is 1. The van der Waals surface area contributed by atoms with Gasteiger partial charge in [-0.2, -0.15) is 0 Å². The van der Waals surface area contributed by atoms with Gasteiger partial charge in [-0.25, -0.2) is 9.98 Å². The van der Waals surface area contributed by atoms with Gasteiger partial charge in [0, 0.05) is 46.0 Å². The number of hydrogen-bond acceptors (Lipinski definition) is 4. The molecule has 2 rings (SSSR count). The van der Waals surface area contributed by atoms with E-state index in [1.807, 2.05) is 20.0 Å². The van der Waals surface area contributed by atoms with Crippen LogP contribution >= 0.6 is 0 Å². The first kappa shape index (κ1) is 20.7. The normalized spacial score (nSPS) is 15.4. The molecular formula is C20H32N6O. The van der Waals surface area contributed by atoms with E-state index >= 15 is 0 Å². The molecule has 2 heterocycles. The van der Waals surface area contributed by atoms with Gasteiger partial charge >= 0.3 is 0 Å². The third-order valence-electron chi connectivity index (χ3n) is 4.48. The number of carbonyl (C=O) groups excluding carboxylic acids is 1. The zero-order valence-electron chi connectivity index (χ0n) is 17.0. The number of hydrogen-bond donors (Lipinski definition) is 2. The molecule has 1 amide bonds. The Morgan fingerprint density at radius 3 is 2.63 bits per heavy atom. The third-order valence-corrected chi connectivity index (χ3v) is 4.48. The average Bonchev–Trinajstić information content (AvgIpc) is 2.64. The van der Waals surface area contributed by atoms with Crippen molar-refractivity contribution in [2.24, 2.45) is 4.99 Å². The zero-order chi connectivity index (χ0) is 19.8. The van der Waals surface area contributed by atoms with Crippen LogP contribution in [-0.2, 0) is 4.79 Å². The van der Waals surface area contributed by atoms with Crippen molar-refractivity contribution in [3.8, 4) is 0 Å². The van der Waals surface area contributed by atoms with Crippen molar-refractivity contribution in [1.82, 2.24) is 20.5 Å². The molecule has 1 fully saturated rings. The molecule has 0 spiro atoms.